The third-order valence-electron chi connectivity index (χ3n) is 3.65. The number of halogens is 1. The zero-order valence-electron chi connectivity index (χ0n) is 11.2. The average molecular weight is 290 g/mol. The number of nitrogens with zero attached hydrogens (tertiary/aromatic N) is 2. The quantitative estimate of drug-likeness (QED) is 0.848. The minimum atomic E-state index is -0.496. The van der Waals surface area contributed by atoms with Crippen molar-refractivity contribution in [2.24, 2.45) is 4.99 Å². The molecular formula is C15H16ClN3O. The van der Waals surface area contributed by atoms with Crippen molar-refractivity contribution in [2.75, 3.05) is 11.4 Å². The SMILES string of the molecule is CC(Cl)C(=O)C1Cc2ccccc2N1C1=NC=CNC1. The van der Waals surface area contributed by atoms with E-state index in [-0.39, 0.29) is 11.8 Å². The van der Waals surface area contributed by atoms with Crippen LogP contribution in [0.4, 0.5) is 5.69 Å². The molecule has 0 radical (unpaired) electrons. The van der Waals surface area contributed by atoms with Gasteiger partial charge in [-0.15, -0.1) is 11.6 Å². The molecule has 0 bridgehead atoms. The number of carbonyl (C=O) groups excluding carboxylic acids is 1. The number of anilines is 1. The highest BCUT2D eigenvalue weighted by molar-refractivity contribution is 6.32. The van der Waals surface area contributed by atoms with Gasteiger partial charge in [0.1, 0.15) is 5.84 Å². The molecular weight excluding hydrogens is 274 g/mol. The van der Waals surface area contributed by atoms with Gasteiger partial charge in [0.2, 0.25) is 0 Å². The van der Waals surface area contributed by atoms with Gasteiger partial charge in [0.25, 0.3) is 0 Å². The fraction of sp³-hybridized carbons (Fsp3) is 0.333. The smallest absolute Gasteiger partial charge is 0.173 e. The molecule has 4 nitrogen and oxygen atoms in total. The molecule has 0 aromatic heterocycles. The molecule has 104 valence electrons. The van der Waals surface area contributed by atoms with Crippen molar-refractivity contribution >= 4 is 28.9 Å². The first-order chi connectivity index (χ1) is 9.68. The second kappa shape index (κ2) is 5.29. The molecule has 0 saturated carbocycles. The normalized spacial score (nSPS) is 22.0. The minimum absolute atomic E-state index is 0.0418. The molecule has 2 unspecified atom stereocenters. The molecule has 20 heavy (non-hydrogen) atoms. The number of amidine groups is 1. The van der Waals surface area contributed by atoms with E-state index in [0.717, 1.165) is 11.5 Å². The van der Waals surface area contributed by atoms with E-state index in [9.17, 15) is 4.79 Å². The lowest BCUT2D eigenvalue weighted by Gasteiger charge is -2.29. The molecule has 0 amide bonds. The van der Waals surface area contributed by atoms with Crippen LogP contribution in [0.5, 0.6) is 0 Å². The average Bonchev–Trinajstić information content (AvgIpc) is 2.86. The summed E-state index contributed by atoms with van der Waals surface area (Å²) in [5, 5.41) is 2.64. The van der Waals surface area contributed by atoms with E-state index in [1.165, 1.54) is 5.56 Å². The Morgan fingerprint density at radius 2 is 2.30 bits per heavy atom. The van der Waals surface area contributed by atoms with Crippen LogP contribution in [0.15, 0.2) is 41.7 Å². The van der Waals surface area contributed by atoms with Crippen LogP contribution >= 0.6 is 11.6 Å². The zero-order chi connectivity index (χ0) is 14.1. The maximum Gasteiger partial charge on any atom is 0.173 e. The lowest BCUT2D eigenvalue weighted by molar-refractivity contribution is -0.119. The molecule has 2 aliphatic heterocycles. The van der Waals surface area contributed by atoms with Crippen molar-refractivity contribution in [3.63, 3.8) is 0 Å². The first kappa shape index (κ1) is 13.2. The maximum absolute atomic E-state index is 12.4. The number of ketones is 1. The van der Waals surface area contributed by atoms with Crippen molar-refractivity contribution in [1.82, 2.24) is 5.32 Å². The molecule has 2 atom stereocenters. The highest BCUT2D eigenvalue weighted by atomic mass is 35.5. The fourth-order valence-electron chi connectivity index (χ4n) is 2.72. The molecule has 0 fully saturated rings. The zero-order valence-corrected chi connectivity index (χ0v) is 12.0. The Morgan fingerprint density at radius 3 is 3.00 bits per heavy atom. The van der Waals surface area contributed by atoms with Crippen LogP contribution < -0.4 is 10.2 Å². The molecule has 1 N–H and O–H groups in total. The van der Waals surface area contributed by atoms with E-state index in [2.05, 4.69) is 16.4 Å². The summed E-state index contributed by atoms with van der Waals surface area (Å²) in [4.78, 5) is 18.8. The van der Waals surface area contributed by atoms with Crippen LogP contribution in [0, 0.1) is 0 Å². The van der Waals surface area contributed by atoms with E-state index >= 15 is 0 Å². The number of hydrogen-bond acceptors (Lipinski definition) is 4. The van der Waals surface area contributed by atoms with Crippen molar-refractivity contribution in [2.45, 2.75) is 24.8 Å². The second-order valence-electron chi connectivity index (χ2n) is 4.98. The summed E-state index contributed by atoms with van der Waals surface area (Å²) in [6.07, 6.45) is 4.20. The highest BCUT2D eigenvalue weighted by Gasteiger charge is 2.38. The van der Waals surface area contributed by atoms with Crippen LogP contribution in [0.3, 0.4) is 0 Å². The summed E-state index contributed by atoms with van der Waals surface area (Å²) in [5.74, 6) is 0.897. The first-order valence-electron chi connectivity index (χ1n) is 6.68. The molecule has 0 saturated heterocycles. The number of para-hydroxylation sites is 1. The maximum atomic E-state index is 12.4. The Bertz CT molecular complexity index is 595. The van der Waals surface area contributed by atoms with Crippen molar-refractivity contribution in [1.29, 1.82) is 0 Å². The molecule has 5 heteroatoms. The number of fused-ring (bicyclic) bond motifs is 1. The van der Waals surface area contributed by atoms with Gasteiger partial charge in [0, 0.05) is 24.5 Å². The number of benzene rings is 1. The minimum Gasteiger partial charge on any atom is -0.382 e. The Kier molecular flexibility index (Phi) is 3.49. The number of rotatable bonds is 2. The van der Waals surface area contributed by atoms with Crippen LogP contribution in [-0.2, 0) is 11.2 Å². The molecule has 0 spiro atoms. The van der Waals surface area contributed by atoms with Crippen molar-refractivity contribution in [3.8, 4) is 0 Å². The van der Waals surface area contributed by atoms with E-state index in [1.54, 1.807) is 19.3 Å². The largest absolute Gasteiger partial charge is 0.382 e. The van der Waals surface area contributed by atoms with Crippen LogP contribution in [-0.4, -0.2) is 29.6 Å². The van der Waals surface area contributed by atoms with Crippen LogP contribution in [0.2, 0.25) is 0 Å². The van der Waals surface area contributed by atoms with E-state index in [1.807, 2.05) is 23.1 Å². The lowest BCUT2D eigenvalue weighted by atomic mass is 10.0. The predicted octanol–water partition coefficient (Wildman–Crippen LogP) is 2.09. The summed E-state index contributed by atoms with van der Waals surface area (Å²) in [6, 6.07) is 7.81. The Morgan fingerprint density at radius 1 is 1.50 bits per heavy atom. The number of carbonyl (C=O) groups is 1. The predicted molar refractivity (Wildman–Crippen MR) is 81.3 cm³/mol. The van der Waals surface area contributed by atoms with Gasteiger partial charge in [-0.25, -0.2) is 4.99 Å². The summed E-state index contributed by atoms with van der Waals surface area (Å²) in [6.45, 7) is 2.34. The number of Topliss-reactive ketones (excluding diaryl/α,β-unsaturated/α-hetero) is 1. The van der Waals surface area contributed by atoms with Gasteiger partial charge >= 0.3 is 0 Å². The fourth-order valence-corrected chi connectivity index (χ4v) is 2.86. The van der Waals surface area contributed by atoms with E-state index in [0.29, 0.717) is 13.0 Å². The Balaban J connectivity index is 2.02. The molecule has 3 rings (SSSR count). The van der Waals surface area contributed by atoms with Gasteiger partial charge in [-0.2, -0.15) is 0 Å². The summed E-state index contributed by atoms with van der Waals surface area (Å²) in [7, 11) is 0. The molecule has 2 heterocycles. The summed E-state index contributed by atoms with van der Waals surface area (Å²) < 4.78 is 0. The van der Waals surface area contributed by atoms with Gasteiger partial charge in [0.15, 0.2) is 5.78 Å². The van der Waals surface area contributed by atoms with Gasteiger partial charge in [-0.1, -0.05) is 18.2 Å². The van der Waals surface area contributed by atoms with Crippen LogP contribution in [0.25, 0.3) is 0 Å². The first-order valence-corrected chi connectivity index (χ1v) is 7.12. The molecule has 1 aromatic rings. The third-order valence-corrected chi connectivity index (χ3v) is 3.87. The summed E-state index contributed by atoms with van der Waals surface area (Å²) in [5.41, 5.74) is 2.22. The lowest BCUT2D eigenvalue weighted by Crippen LogP contribution is -2.48. The van der Waals surface area contributed by atoms with Gasteiger partial charge < -0.3 is 10.2 Å². The van der Waals surface area contributed by atoms with Crippen LogP contribution in [0.1, 0.15) is 12.5 Å². The molecule has 0 aliphatic carbocycles. The highest BCUT2D eigenvalue weighted by Crippen LogP contribution is 2.33. The number of hydrogen-bond donors (Lipinski definition) is 1. The Hall–Kier alpha value is -1.81. The summed E-state index contributed by atoms with van der Waals surface area (Å²) >= 11 is 6.01. The molecule has 2 aliphatic rings. The van der Waals surface area contributed by atoms with E-state index < -0.39 is 5.38 Å². The number of aliphatic imine (C=N–C) groups is 1. The van der Waals surface area contributed by atoms with Crippen molar-refractivity contribution < 1.29 is 4.79 Å². The molecule has 1 aromatic carbocycles. The Labute approximate surface area is 123 Å². The monoisotopic (exact) mass is 289 g/mol. The van der Waals surface area contributed by atoms with Gasteiger partial charge in [-0.3, -0.25) is 4.79 Å². The van der Waals surface area contributed by atoms with E-state index in [4.69, 9.17) is 11.6 Å². The van der Waals surface area contributed by atoms with Gasteiger partial charge in [0.05, 0.1) is 18.0 Å². The number of nitrogens with one attached hydrogen (secondary N) is 1. The van der Waals surface area contributed by atoms with Crippen molar-refractivity contribution in [3.05, 3.63) is 42.2 Å². The third kappa shape index (κ3) is 2.20. The number of alkyl halides is 1. The van der Waals surface area contributed by atoms with Gasteiger partial charge in [-0.05, 0) is 18.6 Å². The standard InChI is InChI=1S/C15H16ClN3O/c1-10(16)15(20)13-8-11-4-2-3-5-12(11)19(13)14-9-17-6-7-18-14/h2-7,10,13,17H,8-9H2,1H3. The second-order valence-corrected chi connectivity index (χ2v) is 5.63. The topological polar surface area (TPSA) is 44.7 Å².